The van der Waals surface area contributed by atoms with Gasteiger partial charge in [-0.05, 0) is 0 Å². The van der Waals surface area contributed by atoms with Crippen LogP contribution in [0, 0.1) is 0 Å². The maximum absolute atomic E-state index is 12.8. The van der Waals surface area contributed by atoms with E-state index in [0.29, 0.717) is 5.56 Å². The molecule has 0 atom stereocenters. The smallest absolute Gasteiger partial charge is 0.541 e. The Morgan fingerprint density at radius 2 is 1.89 bits per heavy atom. The number of hydrogen-bond donors (Lipinski definition) is 0. The molecule has 88 valence electrons. The van der Waals surface area contributed by atoms with Crippen molar-refractivity contribution < 1.29 is 42.1 Å². The van der Waals surface area contributed by atoms with Gasteiger partial charge in [-0.1, -0.05) is 35.5 Å². The van der Waals surface area contributed by atoms with Gasteiger partial charge >= 0.3 is 18.9 Å². The molecular formula is C11H6F2LiNO3. The molecule has 18 heavy (non-hydrogen) atoms. The second-order valence-corrected chi connectivity index (χ2v) is 3.23. The van der Waals surface area contributed by atoms with Crippen LogP contribution in [0.5, 0.6) is 0 Å². The van der Waals surface area contributed by atoms with Gasteiger partial charge in [-0.2, -0.15) is 0 Å². The molecule has 0 bridgehead atoms. The van der Waals surface area contributed by atoms with Crippen LogP contribution in [0.2, 0.25) is 0 Å². The number of nitrogens with zero attached hydrogens (tertiary/aromatic N) is 1. The molecule has 0 fully saturated rings. The van der Waals surface area contributed by atoms with Gasteiger partial charge in [-0.15, -0.1) is 0 Å². The van der Waals surface area contributed by atoms with Crippen LogP contribution >= 0.6 is 0 Å². The molecule has 0 aliphatic rings. The first-order chi connectivity index (χ1) is 8.11. The number of carboxylic acids is 1. The molecule has 2 aromatic rings. The molecule has 0 aliphatic heterocycles. The van der Waals surface area contributed by atoms with Gasteiger partial charge in [0.15, 0.2) is 5.76 Å². The van der Waals surface area contributed by atoms with Crippen molar-refractivity contribution in [1.82, 2.24) is 5.16 Å². The van der Waals surface area contributed by atoms with E-state index in [1.807, 2.05) is 0 Å². The van der Waals surface area contributed by atoms with Gasteiger partial charge in [0.05, 0.1) is 5.56 Å². The fraction of sp³-hybridized carbons (Fsp3) is 0.0909. The van der Waals surface area contributed by atoms with Crippen LogP contribution in [-0.2, 0) is 0 Å². The van der Waals surface area contributed by atoms with E-state index in [1.165, 1.54) is 12.1 Å². The van der Waals surface area contributed by atoms with E-state index in [9.17, 15) is 18.7 Å². The van der Waals surface area contributed by atoms with Crippen LogP contribution in [0.1, 0.15) is 22.5 Å². The van der Waals surface area contributed by atoms with Crippen LogP contribution in [0.3, 0.4) is 0 Å². The number of halogens is 2. The molecular weight excluding hydrogens is 239 g/mol. The quantitative estimate of drug-likeness (QED) is 0.627. The summed E-state index contributed by atoms with van der Waals surface area (Å²) in [5.41, 5.74) is -0.574. The van der Waals surface area contributed by atoms with E-state index in [1.54, 1.807) is 18.2 Å². The van der Waals surface area contributed by atoms with Crippen LogP contribution < -0.4 is 24.0 Å². The van der Waals surface area contributed by atoms with Gasteiger partial charge < -0.3 is 14.4 Å². The van der Waals surface area contributed by atoms with Crippen molar-refractivity contribution in [3.8, 4) is 11.3 Å². The first-order valence-electron chi connectivity index (χ1n) is 4.65. The van der Waals surface area contributed by atoms with Crippen LogP contribution in [0.4, 0.5) is 8.78 Å². The largest absolute Gasteiger partial charge is 1.00 e. The maximum atomic E-state index is 12.8. The van der Waals surface area contributed by atoms with Gasteiger partial charge in [0.1, 0.15) is 11.7 Å². The van der Waals surface area contributed by atoms with E-state index in [0.717, 1.165) is 0 Å². The van der Waals surface area contributed by atoms with Crippen molar-refractivity contribution in [2.75, 3.05) is 0 Å². The topological polar surface area (TPSA) is 66.2 Å². The Hall–Kier alpha value is -1.64. The molecule has 1 aromatic carbocycles. The number of hydrogen-bond acceptors (Lipinski definition) is 4. The van der Waals surface area contributed by atoms with Crippen LogP contribution in [0.15, 0.2) is 34.9 Å². The number of rotatable bonds is 3. The number of carboxylic acid groups (broad SMARTS) is 1. The number of aromatic carboxylic acids is 1. The molecule has 0 N–H and O–H groups in total. The number of benzene rings is 1. The summed E-state index contributed by atoms with van der Waals surface area (Å²) in [6, 6.07) is 8.01. The van der Waals surface area contributed by atoms with E-state index in [-0.39, 0.29) is 24.6 Å². The number of alkyl halides is 2. The molecule has 2 rings (SSSR count). The van der Waals surface area contributed by atoms with Crippen molar-refractivity contribution in [1.29, 1.82) is 0 Å². The average Bonchev–Trinajstić information content (AvgIpc) is 2.74. The van der Waals surface area contributed by atoms with E-state index < -0.39 is 23.7 Å². The van der Waals surface area contributed by atoms with E-state index in [4.69, 9.17) is 0 Å². The van der Waals surface area contributed by atoms with Crippen molar-refractivity contribution in [2.45, 2.75) is 6.43 Å². The normalized spacial score (nSPS) is 10.2. The summed E-state index contributed by atoms with van der Waals surface area (Å²) < 4.78 is 29.9. The van der Waals surface area contributed by atoms with Gasteiger partial charge in [0.2, 0.25) is 0 Å². The Kier molecular flexibility index (Phi) is 4.65. The molecule has 0 aliphatic carbocycles. The minimum absolute atomic E-state index is 0. The summed E-state index contributed by atoms with van der Waals surface area (Å²) in [6.07, 6.45) is -3.00. The van der Waals surface area contributed by atoms with Crippen LogP contribution in [0.25, 0.3) is 11.3 Å². The van der Waals surface area contributed by atoms with Gasteiger partial charge in [-0.25, -0.2) is 8.78 Å². The van der Waals surface area contributed by atoms with Crippen molar-refractivity contribution in [3.05, 3.63) is 41.7 Å². The summed E-state index contributed by atoms with van der Waals surface area (Å²) in [6.45, 7) is 0. The second kappa shape index (κ2) is 5.80. The minimum atomic E-state index is -3.00. The Bertz CT molecular complexity index is 542. The van der Waals surface area contributed by atoms with E-state index >= 15 is 0 Å². The molecule has 0 unspecified atom stereocenters. The van der Waals surface area contributed by atoms with Crippen molar-refractivity contribution in [2.24, 2.45) is 0 Å². The van der Waals surface area contributed by atoms with Gasteiger partial charge in [-0.3, -0.25) is 0 Å². The summed E-state index contributed by atoms with van der Waals surface area (Å²) >= 11 is 0. The zero-order valence-electron chi connectivity index (χ0n) is 9.39. The fourth-order valence-electron chi connectivity index (χ4n) is 1.45. The molecule has 1 heterocycles. The molecule has 1 aromatic heterocycles. The fourth-order valence-corrected chi connectivity index (χ4v) is 1.45. The SMILES string of the molecule is O=C([O-])c1onc(-c2ccccc2)c1C(F)F.[Li+]. The minimum Gasteiger partial charge on any atom is -0.541 e. The maximum Gasteiger partial charge on any atom is 1.00 e. The standard InChI is InChI=1S/C11H7F2NO3.Li/c12-10(13)7-8(6-4-2-1-3-5-6)14-17-9(7)11(15)16;/h1-5,10H,(H,15,16);/q;+1/p-1. The van der Waals surface area contributed by atoms with Gasteiger partial charge in [0.25, 0.3) is 6.43 Å². The third kappa shape index (κ3) is 2.61. The number of carbonyl (C=O) groups is 1. The third-order valence-corrected chi connectivity index (χ3v) is 2.18. The molecule has 4 nitrogen and oxygen atoms in total. The zero-order chi connectivity index (χ0) is 12.4. The van der Waals surface area contributed by atoms with Crippen LogP contribution in [-0.4, -0.2) is 11.1 Å². The summed E-state index contributed by atoms with van der Waals surface area (Å²) in [5.74, 6) is -2.74. The first-order valence-corrected chi connectivity index (χ1v) is 4.65. The molecule has 7 heteroatoms. The van der Waals surface area contributed by atoms with E-state index in [2.05, 4.69) is 9.68 Å². The Morgan fingerprint density at radius 1 is 1.28 bits per heavy atom. The molecule has 0 saturated heterocycles. The monoisotopic (exact) mass is 245 g/mol. The molecule has 0 saturated carbocycles. The van der Waals surface area contributed by atoms with Crippen molar-refractivity contribution in [3.63, 3.8) is 0 Å². The van der Waals surface area contributed by atoms with Gasteiger partial charge in [0, 0.05) is 5.56 Å². The Morgan fingerprint density at radius 3 is 2.39 bits per heavy atom. The Labute approximate surface area is 113 Å². The average molecular weight is 245 g/mol. The van der Waals surface area contributed by atoms with Crippen molar-refractivity contribution >= 4 is 5.97 Å². The molecule has 0 radical (unpaired) electrons. The summed E-state index contributed by atoms with van der Waals surface area (Å²) in [4.78, 5) is 10.6. The number of carbonyl (C=O) groups excluding carboxylic acids is 1. The Balaban J connectivity index is 0.00000162. The predicted octanol–water partition coefficient (Wildman–Crippen LogP) is -1.35. The summed E-state index contributed by atoms with van der Waals surface area (Å²) in [7, 11) is 0. The summed E-state index contributed by atoms with van der Waals surface area (Å²) in [5, 5.41) is 13.9. The predicted molar refractivity (Wildman–Crippen MR) is 51.2 cm³/mol. The molecule has 0 spiro atoms. The number of aromatic nitrogens is 1. The molecule has 0 amide bonds. The zero-order valence-corrected chi connectivity index (χ0v) is 9.39. The first kappa shape index (κ1) is 14.4. The third-order valence-electron chi connectivity index (χ3n) is 2.18. The second-order valence-electron chi connectivity index (χ2n) is 3.23.